The van der Waals surface area contributed by atoms with Gasteiger partial charge in [-0.05, 0) is 36.7 Å². The number of nitrogens with two attached hydrogens (primary N) is 2. The number of aromatic nitrogens is 2. The van der Waals surface area contributed by atoms with Gasteiger partial charge < -0.3 is 11.5 Å². The van der Waals surface area contributed by atoms with E-state index in [0.717, 1.165) is 48.0 Å². The summed E-state index contributed by atoms with van der Waals surface area (Å²) >= 11 is 3.13. The van der Waals surface area contributed by atoms with Gasteiger partial charge in [0.1, 0.15) is 5.82 Å². The summed E-state index contributed by atoms with van der Waals surface area (Å²) in [6.07, 6.45) is 4.48. The van der Waals surface area contributed by atoms with Gasteiger partial charge in [0.05, 0.1) is 5.54 Å². The minimum atomic E-state index is -0.795. The largest absolute Gasteiger partial charge is 0.368 e. The summed E-state index contributed by atoms with van der Waals surface area (Å²) < 4.78 is 5.25. The van der Waals surface area contributed by atoms with Crippen molar-refractivity contribution >= 4 is 29.2 Å². The Morgan fingerprint density at radius 3 is 3.05 bits per heavy atom. The highest BCUT2D eigenvalue weighted by Crippen LogP contribution is 2.37. The van der Waals surface area contributed by atoms with Crippen LogP contribution in [0.25, 0.3) is 0 Å². The second kappa shape index (κ2) is 6.19. The molecule has 19 heavy (non-hydrogen) atoms. The highest BCUT2D eigenvalue weighted by atomic mass is 32.2. The maximum Gasteiger partial charge on any atom is 0.237 e. The molecular formula is C12H20N4OS2. The number of hydrogen-bond acceptors (Lipinski definition) is 6. The molecule has 1 heterocycles. The Morgan fingerprint density at radius 1 is 1.63 bits per heavy atom. The van der Waals surface area contributed by atoms with Crippen LogP contribution in [0.5, 0.6) is 0 Å². The molecule has 1 amide bonds. The molecule has 2 atom stereocenters. The average molecular weight is 300 g/mol. The van der Waals surface area contributed by atoms with Crippen molar-refractivity contribution < 1.29 is 4.79 Å². The highest BCUT2D eigenvalue weighted by Gasteiger charge is 2.43. The van der Waals surface area contributed by atoms with Crippen LogP contribution in [0.4, 0.5) is 0 Å². The molecule has 0 bridgehead atoms. The van der Waals surface area contributed by atoms with E-state index < -0.39 is 5.54 Å². The zero-order chi connectivity index (χ0) is 13.9. The van der Waals surface area contributed by atoms with E-state index in [2.05, 4.69) is 9.36 Å². The zero-order valence-electron chi connectivity index (χ0n) is 11.1. The lowest BCUT2D eigenvalue weighted by molar-refractivity contribution is -0.124. The minimum absolute atomic E-state index is 0.205. The van der Waals surface area contributed by atoms with Gasteiger partial charge in [-0.3, -0.25) is 4.79 Å². The highest BCUT2D eigenvalue weighted by molar-refractivity contribution is 8.00. The number of nitrogens with zero attached hydrogens (tertiary/aromatic N) is 2. The van der Waals surface area contributed by atoms with Crippen LogP contribution in [0.2, 0.25) is 0 Å². The summed E-state index contributed by atoms with van der Waals surface area (Å²) in [7, 11) is 0. The molecule has 0 saturated heterocycles. The quantitative estimate of drug-likeness (QED) is 0.777. The molecule has 4 N–H and O–H groups in total. The van der Waals surface area contributed by atoms with Crippen LogP contribution >= 0.6 is 23.3 Å². The fraction of sp³-hybridized carbons (Fsp3) is 0.750. The van der Waals surface area contributed by atoms with Crippen molar-refractivity contribution in [2.24, 2.45) is 17.4 Å². The SMILES string of the molecule is CCc1nsc(SCCC2CCCC2(N)C(N)=O)n1. The van der Waals surface area contributed by atoms with Crippen molar-refractivity contribution in [3.8, 4) is 0 Å². The number of primary amides is 1. The number of aryl methyl sites for hydroxylation is 1. The van der Waals surface area contributed by atoms with Gasteiger partial charge in [-0.15, -0.1) is 0 Å². The Bertz CT molecular complexity index is 451. The molecule has 1 saturated carbocycles. The topological polar surface area (TPSA) is 94.9 Å². The molecule has 5 nitrogen and oxygen atoms in total. The van der Waals surface area contributed by atoms with Crippen LogP contribution in [0.15, 0.2) is 4.34 Å². The van der Waals surface area contributed by atoms with Crippen LogP contribution in [-0.2, 0) is 11.2 Å². The second-order valence-corrected chi connectivity index (χ2v) is 7.05. The molecule has 1 aromatic heterocycles. The normalized spacial score (nSPS) is 26.7. The summed E-state index contributed by atoms with van der Waals surface area (Å²) in [5.74, 6) is 1.66. The van der Waals surface area contributed by atoms with Gasteiger partial charge >= 0.3 is 0 Å². The molecule has 7 heteroatoms. The van der Waals surface area contributed by atoms with E-state index in [1.54, 1.807) is 11.8 Å². The van der Waals surface area contributed by atoms with E-state index in [1.807, 2.05) is 6.92 Å². The number of rotatable bonds is 6. The van der Waals surface area contributed by atoms with Crippen LogP contribution in [-0.4, -0.2) is 26.6 Å². The van der Waals surface area contributed by atoms with Gasteiger partial charge in [0, 0.05) is 12.2 Å². The molecule has 0 aliphatic heterocycles. The first-order chi connectivity index (χ1) is 9.06. The first kappa shape index (κ1) is 14.7. The number of hydrogen-bond donors (Lipinski definition) is 2. The van der Waals surface area contributed by atoms with E-state index >= 15 is 0 Å². The van der Waals surface area contributed by atoms with E-state index in [1.165, 1.54) is 11.5 Å². The third-order valence-corrected chi connectivity index (χ3v) is 5.69. The van der Waals surface area contributed by atoms with Crippen LogP contribution in [0.3, 0.4) is 0 Å². The second-order valence-electron chi connectivity index (χ2n) is 4.96. The van der Waals surface area contributed by atoms with Gasteiger partial charge in [0.15, 0.2) is 4.34 Å². The summed E-state index contributed by atoms with van der Waals surface area (Å²) in [4.78, 5) is 15.9. The molecule has 2 unspecified atom stereocenters. The van der Waals surface area contributed by atoms with Crippen molar-refractivity contribution in [1.29, 1.82) is 0 Å². The van der Waals surface area contributed by atoms with Crippen LogP contribution in [0.1, 0.15) is 38.4 Å². The fourth-order valence-electron chi connectivity index (χ4n) is 2.56. The van der Waals surface area contributed by atoms with Gasteiger partial charge in [0.25, 0.3) is 0 Å². The van der Waals surface area contributed by atoms with Crippen molar-refractivity contribution in [2.75, 3.05) is 5.75 Å². The molecule has 0 spiro atoms. The predicted molar refractivity (Wildman–Crippen MR) is 78.1 cm³/mol. The van der Waals surface area contributed by atoms with E-state index in [9.17, 15) is 4.79 Å². The molecule has 106 valence electrons. The summed E-state index contributed by atoms with van der Waals surface area (Å²) in [6.45, 7) is 2.05. The van der Waals surface area contributed by atoms with Gasteiger partial charge in [-0.2, -0.15) is 4.37 Å². The molecule has 0 radical (unpaired) electrons. The first-order valence-corrected chi connectivity index (χ1v) is 8.36. The van der Waals surface area contributed by atoms with Gasteiger partial charge in [0.2, 0.25) is 5.91 Å². The van der Waals surface area contributed by atoms with Gasteiger partial charge in [-0.25, -0.2) is 4.98 Å². The summed E-state index contributed by atoms with van der Waals surface area (Å²) in [5.41, 5.74) is 10.8. The van der Waals surface area contributed by atoms with Crippen LogP contribution < -0.4 is 11.5 Å². The lowest BCUT2D eigenvalue weighted by Gasteiger charge is -2.27. The standard InChI is InChI=1S/C12H20N4OS2/c1-2-9-15-11(19-16-9)18-7-5-8-4-3-6-12(8,14)10(13)17/h8H,2-7,14H2,1H3,(H2,13,17). The first-order valence-electron chi connectivity index (χ1n) is 6.60. The van der Waals surface area contributed by atoms with E-state index in [-0.39, 0.29) is 11.8 Å². The lowest BCUT2D eigenvalue weighted by atomic mass is 9.85. The monoisotopic (exact) mass is 300 g/mol. The maximum atomic E-state index is 11.5. The molecule has 1 aliphatic carbocycles. The van der Waals surface area contributed by atoms with Crippen molar-refractivity contribution in [2.45, 2.75) is 48.9 Å². The zero-order valence-corrected chi connectivity index (χ0v) is 12.7. The number of carbonyl (C=O) groups excluding carboxylic acids is 1. The summed E-state index contributed by atoms with van der Waals surface area (Å²) in [6, 6.07) is 0. The van der Waals surface area contributed by atoms with E-state index in [0.29, 0.717) is 0 Å². The Labute approximate surface area is 121 Å². The predicted octanol–water partition coefficient (Wildman–Crippen LogP) is 1.57. The molecular weight excluding hydrogens is 280 g/mol. The Hall–Kier alpha value is -0.660. The molecule has 2 rings (SSSR count). The molecule has 1 aliphatic rings. The summed E-state index contributed by atoms with van der Waals surface area (Å²) in [5, 5.41) is 0. The minimum Gasteiger partial charge on any atom is -0.368 e. The smallest absolute Gasteiger partial charge is 0.237 e. The van der Waals surface area contributed by atoms with Crippen molar-refractivity contribution in [3.63, 3.8) is 0 Å². The molecule has 0 aromatic carbocycles. The molecule has 1 fully saturated rings. The van der Waals surface area contributed by atoms with Crippen LogP contribution in [0, 0.1) is 5.92 Å². The Kier molecular flexibility index (Phi) is 4.81. The Morgan fingerprint density at radius 2 is 2.42 bits per heavy atom. The number of amides is 1. The van der Waals surface area contributed by atoms with Crippen molar-refractivity contribution in [3.05, 3.63) is 5.82 Å². The van der Waals surface area contributed by atoms with E-state index in [4.69, 9.17) is 11.5 Å². The lowest BCUT2D eigenvalue weighted by Crippen LogP contribution is -2.54. The third-order valence-electron chi connectivity index (χ3n) is 3.79. The Balaban J connectivity index is 1.83. The average Bonchev–Trinajstić information content (AvgIpc) is 2.98. The third kappa shape index (κ3) is 3.27. The fourth-order valence-corrected chi connectivity index (χ4v) is 4.38. The number of thioether (sulfide) groups is 1. The van der Waals surface area contributed by atoms with Gasteiger partial charge in [-0.1, -0.05) is 25.1 Å². The van der Waals surface area contributed by atoms with Crippen molar-refractivity contribution in [1.82, 2.24) is 9.36 Å². The number of carbonyl (C=O) groups is 1. The maximum absolute atomic E-state index is 11.5. The molecule has 1 aromatic rings.